The predicted octanol–water partition coefficient (Wildman–Crippen LogP) is 5.38. The number of allylic oxidation sites excluding steroid dienone is 3. The van der Waals surface area contributed by atoms with Crippen LogP contribution in [0.2, 0.25) is 0 Å². The molecule has 0 aromatic heterocycles. The largest absolute Gasteiger partial charge is 0.497 e. The molecule has 1 unspecified atom stereocenters. The Labute approximate surface area is 196 Å². The van der Waals surface area contributed by atoms with Crippen molar-refractivity contribution in [3.8, 4) is 11.5 Å². The van der Waals surface area contributed by atoms with Gasteiger partial charge in [0.2, 0.25) is 5.91 Å². The maximum atomic E-state index is 12.4. The van der Waals surface area contributed by atoms with E-state index in [-0.39, 0.29) is 11.9 Å². The molecule has 0 fully saturated rings. The van der Waals surface area contributed by atoms with E-state index in [0.717, 1.165) is 54.0 Å². The predicted molar refractivity (Wildman–Crippen MR) is 135 cm³/mol. The molecule has 0 spiro atoms. The standard InChI is InChI=1S/C28H32N2O3/c1-21(8-4-9-22-16-17-29-20-22)30-28(31)15-7-14-27(23-10-5-12-25(18-23)32-2)24-11-6-13-26(19-24)33-3/h5-7,10-19,21H,4,8-9,20H2,1-3H3,(H,30,31)/b15-7+. The van der Waals surface area contributed by atoms with Crippen LogP contribution in [0.4, 0.5) is 0 Å². The minimum atomic E-state index is -0.0993. The first kappa shape index (κ1) is 24.1. The molecular formula is C28H32N2O3. The zero-order valence-electron chi connectivity index (χ0n) is 19.6. The lowest BCUT2D eigenvalue weighted by atomic mass is 9.97. The molecule has 1 aliphatic heterocycles. The van der Waals surface area contributed by atoms with Crippen molar-refractivity contribution in [3.05, 3.63) is 89.5 Å². The van der Waals surface area contributed by atoms with E-state index < -0.39 is 0 Å². The van der Waals surface area contributed by atoms with Gasteiger partial charge >= 0.3 is 0 Å². The van der Waals surface area contributed by atoms with E-state index in [0.29, 0.717) is 0 Å². The van der Waals surface area contributed by atoms with Gasteiger partial charge < -0.3 is 14.8 Å². The summed E-state index contributed by atoms with van der Waals surface area (Å²) in [6.07, 6.45) is 12.3. The second-order valence-electron chi connectivity index (χ2n) is 8.02. The molecule has 5 nitrogen and oxygen atoms in total. The topological polar surface area (TPSA) is 59.9 Å². The van der Waals surface area contributed by atoms with Crippen LogP contribution in [0.15, 0.2) is 83.4 Å². The number of methoxy groups -OCH3 is 2. The van der Waals surface area contributed by atoms with Gasteiger partial charge in [0.25, 0.3) is 0 Å². The lowest BCUT2D eigenvalue weighted by molar-refractivity contribution is -0.117. The molecule has 5 heteroatoms. The van der Waals surface area contributed by atoms with Crippen LogP contribution in [0, 0.1) is 0 Å². The van der Waals surface area contributed by atoms with Crippen LogP contribution >= 0.6 is 0 Å². The first-order valence-electron chi connectivity index (χ1n) is 11.2. The van der Waals surface area contributed by atoms with Crippen LogP contribution in [0.1, 0.15) is 37.3 Å². The number of carbonyl (C=O) groups excluding carboxylic acids is 1. The Morgan fingerprint density at radius 2 is 1.76 bits per heavy atom. The van der Waals surface area contributed by atoms with E-state index in [4.69, 9.17) is 9.47 Å². The summed E-state index contributed by atoms with van der Waals surface area (Å²) in [7, 11) is 3.30. The van der Waals surface area contributed by atoms with Gasteiger partial charge in [-0.15, -0.1) is 0 Å². The van der Waals surface area contributed by atoms with Crippen molar-refractivity contribution >= 4 is 17.7 Å². The molecule has 0 saturated carbocycles. The number of hydrogen-bond donors (Lipinski definition) is 1. The Balaban J connectivity index is 1.67. The normalized spacial score (nSPS) is 13.5. The van der Waals surface area contributed by atoms with Crippen LogP contribution in [0.25, 0.3) is 5.57 Å². The van der Waals surface area contributed by atoms with Gasteiger partial charge in [0.1, 0.15) is 11.5 Å². The molecule has 33 heavy (non-hydrogen) atoms. The summed E-state index contributed by atoms with van der Waals surface area (Å²) in [6.45, 7) is 2.86. The summed E-state index contributed by atoms with van der Waals surface area (Å²) in [6, 6.07) is 15.8. The van der Waals surface area contributed by atoms with Crippen molar-refractivity contribution in [1.29, 1.82) is 0 Å². The fourth-order valence-corrected chi connectivity index (χ4v) is 3.71. The van der Waals surface area contributed by atoms with Crippen LogP contribution in [0.3, 0.4) is 0 Å². The monoisotopic (exact) mass is 444 g/mol. The molecule has 3 rings (SSSR count). The van der Waals surface area contributed by atoms with E-state index in [2.05, 4.69) is 16.4 Å². The van der Waals surface area contributed by atoms with Gasteiger partial charge in [0.05, 0.1) is 20.8 Å². The number of carbonyl (C=O) groups is 1. The number of amides is 1. The second kappa shape index (κ2) is 12.4. The molecule has 1 N–H and O–H groups in total. The van der Waals surface area contributed by atoms with E-state index in [1.54, 1.807) is 26.4 Å². The molecular weight excluding hydrogens is 412 g/mol. The van der Waals surface area contributed by atoms with Crippen molar-refractivity contribution in [3.63, 3.8) is 0 Å². The van der Waals surface area contributed by atoms with Gasteiger partial charge in [-0.05, 0) is 78.8 Å². The third kappa shape index (κ3) is 7.49. The number of benzene rings is 2. The summed E-state index contributed by atoms with van der Waals surface area (Å²) < 4.78 is 10.8. The second-order valence-corrected chi connectivity index (χ2v) is 8.02. The smallest absolute Gasteiger partial charge is 0.244 e. The molecule has 0 aliphatic carbocycles. The highest BCUT2D eigenvalue weighted by atomic mass is 16.5. The molecule has 0 radical (unpaired) electrons. The lowest BCUT2D eigenvalue weighted by Crippen LogP contribution is -2.30. The highest BCUT2D eigenvalue weighted by molar-refractivity contribution is 5.89. The van der Waals surface area contributed by atoms with Gasteiger partial charge in [-0.25, -0.2) is 0 Å². The number of aliphatic imine (C=N–C) groups is 1. The molecule has 2 aromatic rings. The Bertz CT molecular complexity index is 1020. The Hall–Kier alpha value is -3.60. The van der Waals surface area contributed by atoms with Crippen LogP contribution in [-0.4, -0.2) is 38.9 Å². The average molecular weight is 445 g/mol. The molecule has 1 amide bonds. The molecule has 1 aliphatic rings. The molecule has 172 valence electrons. The summed E-state index contributed by atoms with van der Waals surface area (Å²) in [4.78, 5) is 16.6. The van der Waals surface area contributed by atoms with Crippen LogP contribution in [0.5, 0.6) is 11.5 Å². The molecule has 1 atom stereocenters. The summed E-state index contributed by atoms with van der Waals surface area (Å²) in [5.74, 6) is 1.45. The van der Waals surface area contributed by atoms with Crippen LogP contribution < -0.4 is 14.8 Å². The van der Waals surface area contributed by atoms with Gasteiger partial charge in [0, 0.05) is 18.3 Å². The first-order chi connectivity index (χ1) is 16.1. The molecule has 0 saturated heterocycles. The lowest BCUT2D eigenvalue weighted by Gasteiger charge is -2.12. The van der Waals surface area contributed by atoms with Crippen molar-refractivity contribution in [2.24, 2.45) is 4.99 Å². The third-order valence-electron chi connectivity index (χ3n) is 5.51. The number of rotatable bonds is 11. The van der Waals surface area contributed by atoms with E-state index in [1.807, 2.05) is 67.7 Å². The van der Waals surface area contributed by atoms with Gasteiger partial charge in [-0.3, -0.25) is 9.79 Å². The minimum absolute atomic E-state index is 0.0993. The third-order valence-corrected chi connectivity index (χ3v) is 5.51. The van der Waals surface area contributed by atoms with E-state index in [9.17, 15) is 4.79 Å². The SMILES string of the molecule is COc1cccc(C(=C/C=C/C(=O)NC(C)CCCC2=CC=NC2)c2cccc(OC)c2)c1. The van der Waals surface area contributed by atoms with Crippen molar-refractivity contribution < 1.29 is 14.3 Å². The van der Waals surface area contributed by atoms with Gasteiger partial charge in [-0.2, -0.15) is 0 Å². The Kier molecular flexibility index (Phi) is 9.07. The number of nitrogens with zero attached hydrogens (tertiary/aromatic N) is 1. The molecule has 2 aromatic carbocycles. The zero-order valence-corrected chi connectivity index (χ0v) is 19.6. The maximum Gasteiger partial charge on any atom is 0.244 e. The average Bonchev–Trinajstić information content (AvgIpc) is 3.35. The van der Waals surface area contributed by atoms with Crippen molar-refractivity contribution in [2.45, 2.75) is 32.2 Å². The Morgan fingerprint density at radius 3 is 2.33 bits per heavy atom. The van der Waals surface area contributed by atoms with Crippen LogP contribution in [-0.2, 0) is 4.79 Å². The highest BCUT2D eigenvalue weighted by Crippen LogP contribution is 2.28. The first-order valence-corrected chi connectivity index (χ1v) is 11.2. The van der Waals surface area contributed by atoms with Crippen molar-refractivity contribution in [1.82, 2.24) is 5.32 Å². The Morgan fingerprint density at radius 1 is 1.09 bits per heavy atom. The fourth-order valence-electron chi connectivity index (χ4n) is 3.71. The number of ether oxygens (including phenoxy) is 2. The minimum Gasteiger partial charge on any atom is -0.497 e. The molecule has 1 heterocycles. The molecule has 0 bridgehead atoms. The van der Waals surface area contributed by atoms with Crippen molar-refractivity contribution in [2.75, 3.05) is 20.8 Å². The number of nitrogens with one attached hydrogen (secondary N) is 1. The van der Waals surface area contributed by atoms with Gasteiger partial charge in [0.15, 0.2) is 0 Å². The quantitative estimate of drug-likeness (QED) is 0.374. The number of hydrogen-bond acceptors (Lipinski definition) is 4. The van der Waals surface area contributed by atoms with E-state index >= 15 is 0 Å². The maximum absolute atomic E-state index is 12.4. The highest BCUT2D eigenvalue weighted by Gasteiger charge is 2.09. The zero-order chi connectivity index (χ0) is 23.5. The van der Waals surface area contributed by atoms with E-state index in [1.165, 1.54) is 5.57 Å². The fraction of sp³-hybridized carbons (Fsp3) is 0.286. The summed E-state index contributed by atoms with van der Waals surface area (Å²) >= 11 is 0. The summed E-state index contributed by atoms with van der Waals surface area (Å²) in [5.41, 5.74) is 4.32. The van der Waals surface area contributed by atoms with Gasteiger partial charge in [-0.1, -0.05) is 36.4 Å². The summed E-state index contributed by atoms with van der Waals surface area (Å²) in [5, 5.41) is 3.05.